The van der Waals surface area contributed by atoms with Crippen molar-refractivity contribution in [2.45, 2.75) is 18.9 Å². The van der Waals surface area contributed by atoms with E-state index in [1.807, 2.05) is 18.2 Å². The van der Waals surface area contributed by atoms with Gasteiger partial charge in [0, 0.05) is 26.2 Å². The van der Waals surface area contributed by atoms with E-state index in [1.165, 1.54) is 15.1 Å². The summed E-state index contributed by atoms with van der Waals surface area (Å²) < 4.78 is 1.53. The van der Waals surface area contributed by atoms with E-state index >= 15 is 0 Å². The molecule has 0 bridgehead atoms. The third kappa shape index (κ3) is 3.59. The van der Waals surface area contributed by atoms with Crippen LogP contribution in [-0.4, -0.2) is 40.6 Å². The van der Waals surface area contributed by atoms with E-state index in [1.54, 1.807) is 26.5 Å². The fourth-order valence-corrected chi connectivity index (χ4v) is 2.58. The molecule has 2 aromatic rings. The summed E-state index contributed by atoms with van der Waals surface area (Å²) in [5, 5.41) is 6.98. The first-order valence-corrected chi connectivity index (χ1v) is 7.63. The Morgan fingerprint density at radius 1 is 1.30 bits per heavy atom. The highest BCUT2D eigenvalue weighted by Crippen LogP contribution is 2.47. The predicted octanol–water partition coefficient (Wildman–Crippen LogP) is 1.71. The van der Waals surface area contributed by atoms with Gasteiger partial charge in [0.1, 0.15) is 6.54 Å². The van der Waals surface area contributed by atoms with Gasteiger partial charge in [-0.15, -0.1) is 0 Å². The zero-order chi connectivity index (χ0) is 16.4. The van der Waals surface area contributed by atoms with Crippen LogP contribution in [0.5, 0.6) is 0 Å². The van der Waals surface area contributed by atoms with Gasteiger partial charge >= 0.3 is 0 Å². The van der Waals surface area contributed by atoms with Crippen molar-refractivity contribution in [3.8, 4) is 0 Å². The molecule has 1 aliphatic rings. The number of benzene rings is 1. The van der Waals surface area contributed by atoms with Crippen molar-refractivity contribution < 1.29 is 9.59 Å². The molecular formula is C17H20N4O2. The lowest BCUT2D eigenvalue weighted by atomic mass is 10.1. The molecule has 2 atom stereocenters. The standard InChI is InChI=1S/C17H20N4O2/c1-20(2)16(22)11-21-10-13(9-18-21)19-17(23)15-8-14(15)12-6-4-3-5-7-12/h3-7,9-10,14-15H,8,11H2,1-2H3,(H,19,23)/t14-,15+/m1/s1. The molecule has 2 amide bonds. The van der Waals surface area contributed by atoms with Gasteiger partial charge < -0.3 is 10.2 Å². The zero-order valence-corrected chi connectivity index (χ0v) is 13.3. The van der Waals surface area contributed by atoms with Crippen molar-refractivity contribution in [2.75, 3.05) is 19.4 Å². The molecule has 1 aromatic heterocycles. The van der Waals surface area contributed by atoms with Gasteiger partial charge in [-0.25, -0.2) is 0 Å². The van der Waals surface area contributed by atoms with Crippen LogP contribution in [-0.2, 0) is 16.1 Å². The molecule has 1 aliphatic carbocycles. The van der Waals surface area contributed by atoms with Crippen LogP contribution in [0.3, 0.4) is 0 Å². The number of amides is 2. The first-order valence-electron chi connectivity index (χ1n) is 7.63. The number of likely N-dealkylation sites (N-methyl/N-ethyl adjacent to an activating group) is 1. The monoisotopic (exact) mass is 312 g/mol. The molecule has 0 saturated heterocycles. The first kappa shape index (κ1) is 15.3. The Bertz CT molecular complexity index is 708. The van der Waals surface area contributed by atoms with Gasteiger partial charge in [0.2, 0.25) is 11.8 Å². The van der Waals surface area contributed by atoms with Crippen LogP contribution in [0.4, 0.5) is 5.69 Å². The summed E-state index contributed by atoms with van der Waals surface area (Å²) in [5.74, 6) is 0.292. The maximum atomic E-state index is 12.3. The number of anilines is 1. The molecule has 1 heterocycles. The maximum absolute atomic E-state index is 12.3. The van der Waals surface area contributed by atoms with Crippen LogP contribution in [0.25, 0.3) is 0 Å². The molecule has 0 radical (unpaired) electrons. The number of hydrogen-bond donors (Lipinski definition) is 1. The Balaban J connectivity index is 1.55. The van der Waals surface area contributed by atoms with Crippen molar-refractivity contribution in [3.05, 3.63) is 48.3 Å². The van der Waals surface area contributed by atoms with Crippen LogP contribution < -0.4 is 5.32 Å². The van der Waals surface area contributed by atoms with Gasteiger partial charge in [0.25, 0.3) is 0 Å². The minimum atomic E-state index is -0.0442. The largest absolute Gasteiger partial charge is 0.347 e. The Labute approximate surface area is 135 Å². The fraction of sp³-hybridized carbons (Fsp3) is 0.353. The van der Waals surface area contributed by atoms with Gasteiger partial charge in [-0.3, -0.25) is 14.3 Å². The minimum Gasteiger partial charge on any atom is -0.347 e. The molecule has 0 spiro atoms. The topological polar surface area (TPSA) is 67.2 Å². The maximum Gasteiger partial charge on any atom is 0.243 e. The van der Waals surface area contributed by atoms with E-state index < -0.39 is 0 Å². The van der Waals surface area contributed by atoms with Crippen molar-refractivity contribution >= 4 is 17.5 Å². The quantitative estimate of drug-likeness (QED) is 0.914. The van der Waals surface area contributed by atoms with Gasteiger partial charge in [0.15, 0.2) is 0 Å². The summed E-state index contributed by atoms with van der Waals surface area (Å²) in [5.41, 5.74) is 1.83. The van der Waals surface area contributed by atoms with E-state index in [0.717, 1.165) is 6.42 Å². The van der Waals surface area contributed by atoms with Gasteiger partial charge in [0.05, 0.1) is 11.9 Å². The second-order valence-electron chi connectivity index (χ2n) is 6.06. The average molecular weight is 312 g/mol. The van der Waals surface area contributed by atoms with Crippen molar-refractivity contribution in [1.29, 1.82) is 0 Å². The third-order valence-corrected chi connectivity index (χ3v) is 4.05. The van der Waals surface area contributed by atoms with Gasteiger partial charge in [-0.05, 0) is 17.9 Å². The zero-order valence-electron chi connectivity index (χ0n) is 13.3. The van der Waals surface area contributed by atoms with E-state index in [0.29, 0.717) is 11.6 Å². The average Bonchev–Trinajstić information content (AvgIpc) is 3.23. The lowest BCUT2D eigenvalue weighted by Gasteiger charge is -2.09. The predicted molar refractivity (Wildman–Crippen MR) is 86.8 cm³/mol. The smallest absolute Gasteiger partial charge is 0.243 e. The molecule has 1 fully saturated rings. The van der Waals surface area contributed by atoms with Crippen LogP contribution in [0.15, 0.2) is 42.7 Å². The number of nitrogens with one attached hydrogen (secondary N) is 1. The third-order valence-electron chi connectivity index (χ3n) is 4.05. The molecule has 0 unspecified atom stereocenters. The van der Waals surface area contributed by atoms with Crippen LogP contribution in [0, 0.1) is 5.92 Å². The number of rotatable bonds is 5. The molecule has 1 saturated carbocycles. The summed E-state index contributed by atoms with van der Waals surface area (Å²) in [6.07, 6.45) is 4.13. The van der Waals surface area contributed by atoms with Gasteiger partial charge in [-0.2, -0.15) is 5.10 Å². The van der Waals surface area contributed by atoms with Crippen LogP contribution in [0.2, 0.25) is 0 Å². The summed E-state index contributed by atoms with van der Waals surface area (Å²) in [6, 6.07) is 10.1. The van der Waals surface area contributed by atoms with E-state index in [4.69, 9.17) is 0 Å². The van der Waals surface area contributed by atoms with Crippen molar-refractivity contribution in [2.24, 2.45) is 5.92 Å². The molecule has 1 aromatic carbocycles. The molecule has 3 rings (SSSR count). The molecular weight excluding hydrogens is 292 g/mol. The summed E-state index contributed by atoms with van der Waals surface area (Å²) >= 11 is 0. The number of nitrogens with zero attached hydrogens (tertiary/aromatic N) is 3. The molecule has 0 aliphatic heterocycles. The van der Waals surface area contributed by atoms with Crippen LogP contribution >= 0.6 is 0 Å². The Kier molecular flexibility index (Phi) is 4.14. The number of aromatic nitrogens is 2. The van der Waals surface area contributed by atoms with E-state index in [9.17, 15) is 9.59 Å². The SMILES string of the molecule is CN(C)C(=O)Cn1cc(NC(=O)[C@H]2C[C@@H]2c2ccccc2)cn1. The second-order valence-corrected chi connectivity index (χ2v) is 6.06. The molecule has 6 heteroatoms. The summed E-state index contributed by atoms with van der Waals surface area (Å²) in [4.78, 5) is 25.4. The van der Waals surface area contributed by atoms with Gasteiger partial charge in [-0.1, -0.05) is 30.3 Å². The van der Waals surface area contributed by atoms with E-state index in [2.05, 4.69) is 22.5 Å². The van der Waals surface area contributed by atoms with Crippen molar-refractivity contribution in [1.82, 2.24) is 14.7 Å². The second kappa shape index (κ2) is 6.24. The number of hydrogen-bond acceptors (Lipinski definition) is 3. The highest BCUT2D eigenvalue weighted by Gasteiger charge is 2.43. The van der Waals surface area contributed by atoms with Crippen molar-refractivity contribution in [3.63, 3.8) is 0 Å². The summed E-state index contributed by atoms with van der Waals surface area (Å²) in [6.45, 7) is 0.166. The molecule has 1 N–H and O–H groups in total. The summed E-state index contributed by atoms with van der Waals surface area (Å²) in [7, 11) is 3.40. The van der Waals surface area contributed by atoms with E-state index in [-0.39, 0.29) is 24.3 Å². The molecule has 6 nitrogen and oxygen atoms in total. The lowest BCUT2D eigenvalue weighted by molar-refractivity contribution is -0.129. The Hall–Kier alpha value is -2.63. The fourth-order valence-electron chi connectivity index (χ4n) is 2.58. The minimum absolute atomic E-state index is 0.0114. The number of carbonyl (C=O) groups is 2. The molecule has 23 heavy (non-hydrogen) atoms. The lowest BCUT2D eigenvalue weighted by Crippen LogP contribution is -2.26. The molecule has 120 valence electrons. The van der Waals surface area contributed by atoms with Crippen LogP contribution in [0.1, 0.15) is 17.9 Å². The first-order chi connectivity index (χ1) is 11.0. The highest BCUT2D eigenvalue weighted by atomic mass is 16.2. The normalized spacial score (nSPS) is 19.2. The highest BCUT2D eigenvalue weighted by molar-refractivity contribution is 5.95. The number of carbonyl (C=O) groups excluding carboxylic acids is 2. The Morgan fingerprint density at radius 3 is 2.74 bits per heavy atom. The Morgan fingerprint density at radius 2 is 2.04 bits per heavy atom.